The fourth-order valence-corrected chi connectivity index (χ4v) is 1.45. The minimum Gasteiger partial charge on any atom is -0.508 e. The number of phenols is 1. The summed E-state index contributed by atoms with van der Waals surface area (Å²) in [7, 11) is 0. The zero-order valence-corrected chi connectivity index (χ0v) is 9.44. The van der Waals surface area contributed by atoms with E-state index in [-0.39, 0.29) is 17.6 Å². The zero-order valence-electron chi connectivity index (χ0n) is 9.44. The zero-order chi connectivity index (χ0) is 12.0. The Kier molecular flexibility index (Phi) is 4.79. The van der Waals surface area contributed by atoms with Crippen LogP contribution < -0.4 is 11.1 Å². The van der Waals surface area contributed by atoms with Crippen LogP contribution in [0.5, 0.6) is 5.75 Å². The van der Waals surface area contributed by atoms with Gasteiger partial charge in [-0.1, -0.05) is 25.1 Å². The van der Waals surface area contributed by atoms with Crippen LogP contribution in [0.15, 0.2) is 24.3 Å². The van der Waals surface area contributed by atoms with Gasteiger partial charge in [0.1, 0.15) is 5.75 Å². The first-order chi connectivity index (χ1) is 7.69. The first-order valence-corrected chi connectivity index (χ1v) is 5.43. The highest BCUT2D eigenvalue weighted by Crippen LogP contribution is 2.15. The average Bonchev–Trinajstić information content (AvgIpc) is 2.29. The van der Waals surface area contributed by atoms with Gasteiger partial charge in [-0.15, -0.1) is 0 Å². The second-order valence-electron chi connectivity index (χ2n) is 3.69. The van der Waals surface area contributed by atoms with Gasteiger partial charge in [-0.25, -0.2) is 0 Å². The average molecular weight is 222 g/mol. The Morgan fingerprint density at radius 3 is 2.75 bits per heavy atom. The lowest BCUT2D eigenvalue weighted by Crippen LogP contribution is -2.34. The number of para-hydroxylation sites is 1. The lowest BCUT2D eigenvalue weighted by atomic mass is 10.1. The van der Waals surface area contributed by atoms with Crippen molar-refractivity contribution in [2.75, 3.05) is 6.54 Å². The molecule has 4 heteroatoms. The third kappa shape index (κ3) is 3.24. The number of nitrogens with two attached hydrogens (primary N) is 1. The summed E-state index contributed by atoms with van der Waals surface area (Å²) < 4.78 is 0. The van der Waals surface area contributed by atoms with Crippen LogP contribution in [-0.4, -0.2) is 17.6 Å². The van der Waals surface area contributed by atoms with Crippen molar-refractivity contribution in [2.24, 2.45) is 11.7 Å². The summed E-state index contributed by atoms with van der Waals surface area (Å²) >= 11 is 0. The van der Waals surface area contributed by atoms with E-state index in [9.17, 15) is 9.90 Å². The van der Waals surface area contributed by atoms with Crippen LogP contribution in [0.1, 0.15) is 18.9 Å². The summed E-state index contributed by atoms with van der Waals surface area (Å²) in [6, 6.07) is 6.94. The topological polar surface area (TPSA) is 75.4 Å². The largest absolute Gasteiger partial charge is 0.508 e. The molecule has 88 valence electrons. The minimum absolute atomic E-state index is 0.0618. The number of rotatable bonds is 5. The summed E-state index contributed by atoms with van der Waals surface area (Å²) in [4.78, 5) is 11.6. The highest BCUT2D eigenvalue weighted by atomic mass is 16.3. The van der Waals surface area contributed by atoms with Crippen LogP contribution in [0.25, 0.3) is 0 Å². The predicted octanol–water partition coefficient (Wildman–Crippen LogP) is 0.993. The van der Waals surface area contributed by atoms with Crippen molar-refractivity contribution in [3.63, 3.8) is 0 Å². The molecular formula is C12H18N2O2. The Morgan fingerprint density at radius 2 is 2.19 bits per heavy atom. The Bertz CT molecular complexity index is 349. The smallest absolute Gasteiger partial charge is 0.224 e. The van der Waals surface area contributed by atoms with Gasteiger partial charge in [0.25, 0.3) is 0 Å². The van der Waals surface area contributed by atoms with E-state index < -0.39 is 0 Å². The van der Waals surface area contributed by atoms with Gasteiger partial charge in [-0.3, -0.25) is 4.79 Å². The van der Waals surface area contributed by atoms with Gasteiger partial charge in [-0.2, -0.15) is 0 Å². The molecule has 0 fully saturated rings. The number of benzene rings is 1. The van der Waals surface area contributed by atoms with Gasteiger partial charge < -0.3 is 16.2 Å². The highest BCUT2D eigenvalue weighted by Gasteiger charge is 2.14. The van der Waals surface area contributed by atoms with E-state index >= 15 is 0 Å². The molecule has 0 radical (unpaired) electrons. The SMILES string of the molecule is CCC(CN)C(=O)NCc1ccccc1O. The second kappa shape index (κ2) is 6.12. The van der Waals surface area contributed by atoms with Crippen molar-refractivity contribution in [1.82, 2.24) is 5.32 Å². The van der Waals surface area contributed by atoms with E-state index in [0.717, 1.165) is 6.42 Å². The van der Waals surface area contributed by atoms with Crippen LogP contribution in [0.4, 0.5) is 0 Å². The lowest BCUT2D eigenvalue weighted by molar-refractivity contribution is -0.124. The number of hydrogen-bond donors (Lipinski definition) is 3. The van der Waals surface area contributed by atoms with Gasteiger partial charge in [0.05, 0.1) is 0 Å². The maximum Gasteiger partial charge on any atom is 0.224 e. The van der Waals surface area contributed by atoms with Crippen LogP contribution >= 0.6 is 0 Å². The van der Waals surface area contributed by atoms with Gasteiger partial charge >= 0.3 is 0 Å². The number of phenolic OH excluding ortho intramolecular Hbond substituents is 1. The number of aromatic hydroxyl groups is 1. The Hall–Kier alpha value is -1.55. The standard InChI is InChI=1S/C12H18N2O2/c1-2-9(7-13)12(16)14-8-10-5-3-4-6-11(10)15/h3-6,9,15H,2,7-8,13H2,1H3,(H,14,16). The number of hydrogen-bond acceptors (Lipinski definition) is 3. The Balaban J connectivity index is 2.52. The Labute approximate surface area is 95.5 Å². The molecule has 0 aliphatic carbocycles. The fraction of sp³-hybridized carbons (Fsp3) is 0.417. The first kappa shape index (κ1) is 12.5. The first-order valence-electron chi connectivity index (χ1n) is 5.43. The Morgan fingerprint density at radius 1 is 1.50 bits per heavy atom. The minimum atomic E-state index is -0.147. The van der Waals surface area contributed by atoms with E-state index in [1.54, 1.807) is 18.2 Å². The molecule has 0 saturated heterocycles. The van der Waals surface area contributed by atoms with Gasteiger partial charge in [0.2, 0.25) is 5.91 Å². The van der Waals surface area contributed by atoms with Crippen LogP contribution in [-0.2, 0) is 11.3 Å². The third-order valence-corrected chi connectivity index (χ3v) is 2.59. The van der Waals surface area contributed by atoms with Crippen molar-refractivity contribution < 1.29 is 9.90 Å². The van der Waals surface area contributed by atoms with Crippen molar-refractivity contribution in [1.29, 1.82) is 0 Å². The van der Waals surface area contributed by atoms with Crippen molar-refractivity contribution in [3.05, 3.63) is 29.8 Å². The van der Waals surface area contributed by atoms with E-state index in [1.165, 1.54) is 0 Å². The van der Waals surface area contributed by atoms with E-state index in [4.69, 9.17) is 5.73 Å². The summed E-state index contributed by atoms with van der Waals surface area (Å²) in [6.07, 6.45) is 0.725. The maximum absolute atomic E-state index is 11.6. The van der Waals surface area contributed by atoms with Crippen LogP contribution in [0.2, 0.25) is 0 Å². The number of carbonyl (C=O) groups excluding carboxylic acids is 1. The summed E-state index contributed by atoms with van der Waals surface area (Å²) in [5, 5.41) is 12.3. The molecule has 1 aromatic rings. The molecule has 1 unspecified atom stereocenters. The summed E-state index contributed by atoms with van der Waals surface area (Å²) in [6.45, 7) is 2.61. The predicted molar refractivity (Wildman–Crippen MR) is 62.8 cm³/mol. The maximum atomic E-state index is 11.6. The van der Waals surface area contributed by atoms with Crippen molar-refractivity contribution in [3.8, 4) is 5.75 Å². The summed E-state index contributed by atoms with van der Waals surface area (Å²) in [5.41, 5.74) is 6.18. The molecule has 16 heavy (non-hydrogen) atoms. The molecule has 0 aliphatic rings. The normalized spacial score (nSPS) is 12.1. The van der Waals surface area contributed by atoms with Crippen LogP contribution in [0.3, 0.4) is 0 Å². The quantitative estimate of drug-likeness (QED) is 0.695. The molecule has 1 amide bonds. The third-order valence-electron chi connectivity index (χ3n) is 2.59. The molecule has 4 N–H and O–H groups in total. The molecule has 0 aromatic heterocycles. The molecule has 1 atom stereocenters. The molecule has 1 rings (SSSR count). The van der Waals surface area contributed by atoms with Crippen molar-refractivity contribution >= 4 is 5.91 Å². The molecule has 1 aromatic carbocycles. The van der Waals surface area contributed by atoms with E-state index in [2.05, 4.69) is 5.32 Å². The van der Waals surface area contributed by atoms with Crippen molar-refractivity contribution in [2.45, 2.75) is 19.9 Å². The number of nitrogens with one attached hydrogen (secondary N) is 1. The molecule has 0 heterocycles. The molecule has 0 spiro atoms. The summed E-state index contributed by atoms with van der Waals surface area (Å²) in [5.74, 6) is -0.0114. The van der Waals surface area contributed by atoms with Gasteiger partial charge in [0.15, 0.2) is 0 Å². The number of amides is 1. The number of carbonyl (C=O) groups is 1. The van der Waals surface area contributed by atoms with Crippen LogP contribution in [0, 0.1) is 5.92 Å². The molecule has 4 nitrogen and oxygen atoms in total. The monoisotopic (exact) mass is 222 g/mol. The van der Waals surface area contributed by atoms with Gasteiger partial charge in [0, 0.05) is 24.6 Å². The molecular weight excluding hydrogens is 204 g/mol. The fourth-order valence-electron chi connectivity index (χ4n) is 1.45. The molecule has 0 bridgehead atoms. The van der Waals surface area contributed by atoms with E-state index in [0.29, 0.717) is 18.7 Å². The highest BCUT2D eigenvalue weighted by molar-refractivity contribution is 5.78. The molecule has 0 aliphatic heterocycles. The van der Waals surface area contributed by atoms with Gasteiger partial charge in [-0.05, 0) is 12.5 Å². The second-order valence-corrected chi connectivity index (χ2v) is 3.69. The molecule has 0 saturated carbocycles. The van der Waals surface area contributed by atoms with E-state index in [1.807, 2.05) is 13.0 Å². The lowest BCUT2D eigenvalue weighted by Gasteiger charge is -2.13.